The molecule has 0 aliphatic carbocycles. The van der Waals surface area contributed by atoms with Crippen LogP contribution in [-0.2, 0) is 16.0 Å². The first kappa shape index (κ1) is 16.4. The quantitative estimate of drug-likeness (QED) is 0.766. The highest BCUT2D eigenvalue weighted by molar-refractivity contribution is 5.78. The number of amides is 1. The van der Waals surface area contributed by atoms with E-state index in [0.29, 0.717) is 37.8 Å². The molecular weight excluding hydrogens is 310 g/mol. The van der Waals surface area contributed by atoms with Crippen molar-refractivity contribution in [2.24, 2.45) is 0 Å². The maximum Gasteiger partial charge on any atom is 0.248 e. The summed E-state index contributed by atoms with van der Waals surface area (Å²) < 4.78 is 15.8. The summed E-state index contributed by atoms with van der Waals surface area (Å²) in [4.78, 5) is 17.7. The van der Waals surface area contributed by atoms with Gasteiger partial charge in [-0.25, -0.2) is 0 Å². The van der Waals surface area contributed by atoms with E-state index < -0.39 is 0 Å². The highest BCUT2D eigenvalue weighted by atomic mass is 16.5. The smallest absolute Gasteiger partial charge is 0.248 e. The summed E-state index contributed by atoms with van der Waals surface area (Å²) in [6, 6.07) is 7.90. The van der Waals surface area contributed by atoms with E-state index in [-0.39, 0.29) is 18.4 Å². The third-order valence-corrected chi connectivity index (χ3v) is 3.92. The van der Waals surface area contributed by atoms with Crippen molar-refractivity contribution in [2.45, 2.75) is 19.3 Å². The molecule has 0 radical (unpaired) electrons. The molecule has 1 aliphatic heterocycles. The zero-order chi connectivity index (χ0) is 16.9. The van der Waals surface area contributed by atoms with Crippen LogP contribution in [0, 0.1) is 6.92 Å². The molecule has 1 fully saturated rings. The molecule has 1 aliphatic rings. The summed E-state index contributed by atoms with van der Waals surface area (Å²) >= 11 is 0. The Hall–Kier alpha value is -2.41. The molecule has 0 spiro atoms. The Morgan fingerprint density at radius 1 is 1.42 bits per heavy atom. The molecule has 1 saturated heterocycles. The van der Waals surface area contributed by atoms with Gasteiger partial charge in [0.2, 0.25) is 11.8 Å². The average Bonchev–Trinajstić information content (AvgIpc) is 2.94. The summed E-state index contributed by atoms with van der Waals surface area (Å²) in [7, 11) is 1.51. The molecule has 24 heavy (non-hydrogen) atoms. The lowest BCUT2D eigenvalue weighted by molar-refractivity contribution is -0.140. The Kier molecular flexibility index (Phi) is 5.10. The van der Waals surface area contributed by atoms with Gasteiger partial charge in [-0.1, -0.05) is 17.3 Å². The van der Waals surface area contributed by atoms with Gasteiger partial charge in [-0.15, -0.1) is 0 Å². The fourth-order valence-corrected chi connectivity index (χ4v) is 2.55. The number of carbonyl (C=O) groups is 1. The highest BCUT2D eigenvalue weighted by Crippen LogP contribution is 2.25. The molecule has 7 heteroatoms. The molecule has 1 amide bonds. The molecular formula is C17H21N3O4. The minimum Gasteiger partial charge on any atom is -0.493 e. The van der Waals surface area contributed by atoms with Gasteiger partial charge < -0.3 is 18.9 Å². The van der Waals surface area contributed by atoms with E-state index in [2.05, 4.69) is 10.1 Å². The van der Waals surface area contributed by atoms with E-state index in [1.165, 1.54) is 7.11 Å². The Balaban J connectivity index is 1.44. The molecule has 0 N–H and O–H groups in total. The second-order valence-electron chi connectivity index (χ2n) is 5.89. The van der Waals surface area contributed by atoms with Crippen LogP contribution in [-0.4, -0.2) is 54.4 Å². The van der Waals surface area contributed by atoms with Gasteiger partial charge in [0.25, 0.3) is 0 Å². The monoisotopic (exact) mass is 331 g/mol. The van der Waals surface area contributed by atoms with Crippen molar-refractivity contribution >= 4 is 5.91 Å². The fraction of sp³-hybridized carbons (Fsp3) is 0.471. The molecule has 1 aromatic carbocycles. The van der Waals surface area contributed by atoms with Crippen molar-refractivity contribution in [3.63, 3.8) is 0 Å². The van der Waals surface area contributed by atoms with Crippen molar-refractivity contribution in [1.82, 2.24) is 15.0 Å². The number of hydrogen-bond donors (Lipinski definition) is 0. The number of likely N-dealkylation sites (tertiary alicyclic amines) is 1. The predicted molar refractivity (Wildman–Crippen MR) is 85.9 cm³/mol. The number of benzene rings is 1. The van der Waals surface area contributed by atoms with Crippen molar-refractivity contribution in [1.29, 1.82) is 0 Å². The van der Waals surface area contributed by atoms with Crippen molar-refractivity contribution in [3.05, 3.63) is 41.5 Å². The zero-order valence-electron chi connectivity index (χ0n) is 13.9. The van der Waals surface area contributed by atoms with Crippen molar-refractivity contribution in [3.8, 4) is 5.75 Å². The predicted octanol–water partition coefficient (Wildman–Crippen LogP) is 1.57. The molecule has 7 nitrogen and oxygen atoms in total. The molecule has 2 aromatic rings. The number of methoxy groups -OCH3 is 1. The molecule has 1 aromatic heterocycles. The lowest BCUT2D eigenvalue weighted by Gasteiger charge is -2.36. The van der Waals surface area contributed by atoms with Gasteiger partial charge in [0.05, 0.1) is 12.5 Å². The Bertz CT molecular complexity index is 695. The Labute approximate surface area is 140 Å². The zero-order valence-corrected chi connectivity index (χ0v) is 13.9. The summed E-state index contributed by atoms with van der Waals surface area (Å²) in [6.07, 6.45) is 0.580. The first-order chi connectivity index (χ1) is 11.7. The van der Waals surface area contributed by atoms with Crippen LogP contribution < -0.4 is 4.74 Å². The summed E-state index contributed by atoms with van der Waals surface area (Å²) in [5.41, 5.74) is 1.16. The lowest BCUT2D eigenvalue weighted by Crippen LogP contribution is -2.49. The minimum absolute atomic E-state index is 0.0138. The van der Waals surface area contributed by atoms with Crippen molar-refractivity contribution in [2.75, 3.05) is 33.4 Å². The van der Waals surface area contributed by atoms with Crippen molar-refractivity contribution < 1.29 is 18.8 Å². The molecule has 0 unspecified atom stereocenters. The van der Waals surface area contributed by atoms with E-state index >= 15 is 0 Å². The summed E-state index contributed by atoms with van der Waals surface area (Å²) in [6.45, 7) is 3.83. The number of hydrogen-bond acceptors (Lipinski definition) is 6. The van der Waals surface area contributed by atoms with Crippen LogP contribution in [0.1, 0.15) is 23.2 Å². The number of aromatic nitrogens is 2. The Morgan fingerprint density at radius 2 is 2.25 bits per heavy atom. The van der Waals surface area contributed by atoms with E-state index in [0.717, 1.165) is 11.3 Å². The second kappa shape index (κ2) is 7.44. The normalized spacial score (nSPS) is 14.5. The first-order valence-electron chi connectivity index (χ1n) is 7.94. The van der Waals surface area contributed by atoms with Crippen LogP contribution >= 0.6 is 0 Å². The summed E-state index contributed by atoms with van der Waals surface area (Å²) in [5.74, 6) is 2.15. The van der Waals surface area contributed by atoms with E-state index in [1.54, 1.807) is 4.90 Å². The number of nitrogens with zero attached hydrogens (tertiary/aromatic N) is 3. The van der Waals surface area contributed by atoms with Crippen LogP contribution in [0.25, 0.3) is 0 Å². The van der Waals surface area contributed by atoms with Gasteiger partial charge in [-0.3, -0.25) is 4.79 Å². The van der Waals surface area contributed by atoms with E-state index in [4.69, 9.17) is 14.0 Å². The standard InChI is InChI=1S/C17H21N3O4/c1-12-4-3-5-14(8-12)23-7-6-15-18-17(24-19-15)13-9-20(10-13)16(21)11-22-2/h3-5,8,13H,6-7,9-11H2,1-2H3. The molecule has 0 saturated carbocycles. The number of carbonyl (C=O) groups excluding carboxylic acids is 1. The molecule has 2 heterocycles. The second-order valence-corrected chi connectivity index (χ2v) is 5.89. The van der Waals surface area contributed by atoms with E-state index in [9.17, 15) is 4.79 Å². The first-order valence-corrected chi connectivity index (χ1v) is 7.94. The molecule has 0 atom stereocenters. The van der Waals surface area contributed by atoms with Gasteiger partial charge in [0.15, 0.2) is 5.82 Å². The van der Waals surface area contributed by atoms with Gasteiger partial charge >= 0.3 is 0 Å². The maximum absolute atomic E-state index is 11.6. The van der Waals surface area contributed by atoms with Crippen LogP contribution in [0.15, 0.2) is 28.8 Å². The maximum atomic E-state index is 11.6. The third-order valence-electron chi connectivity index (χ3n) is 3.92. The summed E-state index contributed by atoms with van der Waals surface area (Å²) in [5, 5.41) is 3.98. The largest absolute Gasteiger partial charge is 0.493 e. The molecule has 3 rings (SSSR count). The van der Waals surface area contributed by atoms with Gasteiger partial charge in [-0.2, -0.15) is 4.98 Å². The SMILES string of the molecule is COCC(=O)N1CC(c2nc(CCOc3cccc(C)c3)no2)C1. The molecule has 0 bridgehead atoms. The lowest BCUT2D eigenvalue weighted by atomic mass is 10.0. The number of rotatable bonds is 7. The van der Waals surface area contributed by atoms with Crippen LogP contribution in [0.3, 0.4) is 0 Å². The topological polar surface area (TPSA) is 77.7 Å². The average molecular weight is 331 g/mol. The highest BCUT2D eigenvalue weighted by Gasteiger charge is 2.35. The van der Waals surface area contributed by atoms with Gasteiger partial charge in [0.1, 0.15) is 12.4 Å². The fourth-order valence-electron chi connectivity index (χ4n) is 2.55. The van der Waals surface area contributed by atoms with E-state index in [1.807, 2.05) is 31.2 Å². The third kappa shape index (κ3) is 3.91. The Morgan fingerprint density at radius 3 is 3.00 bits per heavy atom. The van der Waals surface area contributed by atoms with Crippen LogP contribution in [0.2, 0.25) is 0 Å². The van der Waals surface area contributed by atoms with Crippen LogP contribution in [0.5, 0.6) is 5.75 Å². The minimum atomic E-state index is -0.0138. The molecule has 128 valence electrons. The number of ether oxygens (including phenoxy) is 2. The van der Waals surface area contributed by atoms with Crippen LogP contribution in [0.4, 0.5) is 0 Å². The van der Waals surface area contributed by atoms with Gasteiger partial charge in [0, 0.05) is 26.6 Å². The number of aryl methyl sites for hydroxylation is 1. The van der Waals surface area contributed by atoms with Gasteiger partial charge in [-0.05, 0) is 24.6 Å².